The van der Waals surface area contributed by atoms with Crippen molar-refractivity contribution in [2.75, 3.05) is 0 Å². The van der Waals surface area contributed by atoms with Gasteiger partial charge in [-0.05, 0) is 44.3 Å². The van der Waals surface area contributed by atoms with Crippen LogP contribution >= 0.6 is 0 Å². The lowest BCUT2D eigenvalue weighted by Crippen LogP contribution is -2.21. The van der Waals surface area contributed by atoms with Crippen molar-refractivity contribution in [2.45, 2.75) is 5.51 Å². The molecular formula is C27H19F3O4S. The van der Waals surface area contributed by atoms with Crippen molar-refractivity contribution in [3.63, 3.8) is 0 Å². The number of alkyl halides is 3. The molecule has 4 nitrogen and oxygen atoms in total. The minimum absolute atomic E-state index is 0.303. The fourth-order valence-corrected chi connectivity index (χ4v) is 3.95. The van der Waals surface area contributed by atoms with Crippen LogP contribution in [0.4, 0.5) is 13.2 Å². The third-order valence-corrected chi connectivity index (χ3v) is 6.06. The summed E-state index contributed by atoms with van der Waals surface area (Å²) >= 11 is 0. The first-order valence-electron chi connectivity index (χ1n) is 10.4. The second-order valence-electron chi connectivity index (χ2n) is 7.67. The maximum absolute atomic E-state index is 10.8. The molecule has 0 saturated heterocycles. The van der Waals surface area contributed by atoms with Gasteiger partial charge in [0.25, 0.3) is 0 Å². The van der Waals surface area contributed by atoms with E-state index in [1.165, 1.54) is 16.2 Å². The predicted molar refractivity (Wildman–Crippen MR) is 132 cm³/mol. The van der Waals surface area contributed by atoms with Crippen molar-refractivity contribution in [1.29, 1.82) is 0 Å². The number of phenolic OH excluding ortho intramolecular Hbond substituents is 1. The summed E-state index contributed by atoms with van der Waals surface area (Å²) in [6, 6.07) is 35.1. The lowest BCUT2D eigenvalue weighted by Gasteiger charge is -2.16. The first-order chi connectivity index (χ1) is 16.6. The van der Waals surface area contributed by atoms with Gasteiger partial charge >= 0.3 is 15.6 Å². The van der Waals surface area contributed by atoms with Gasteiger partial charge in [-0.3, -0.25) is 4.55 Å². The Hall–Kier alpha value is -3.88. The molecule has 0 aliphatic heterocycles. The zero-order valence-electron chi connectivity index (χ0n) is 18.1. The molecule has 0 aliphatic rings. The molecule has 0 saturated carbocycles. The second kappa shape index (κ2) is 9.40. The van der Waals surface area contributed by atoms with Crippen LogP contribution in [-0.2, 0) is 10.1 Å². The molecule has 0 atom stereocenters. The molecule has 0 fully saturated rings. The third-order valence-electron chi connectivity index (χ3n) is 5.47. The number of rotatable bonds is 2. The minimum Gasteiger partial charge on any atom is -0.507 e. The van der Waals surface area contributed by atoms with Gasteiger partial charge in [0.15, 0.2) is 0 Å². The van der Waals surface area contributed by atoms with E-state index in [1.807, 2.05) is 18.2 Å². The van der Waals surface area contributed by atoms with E-state index >= 15 is 0 Å². The maximum atomic E-state index is 10.8. The molecule has 5 rings (SSSR count). The summed E-state index contributed by atoms with van der Waals surface area (Å²) in [7, 11) is -5.84. The zero-order chi connectivity index (χ0) is 25.2. The van der Waals surface area contributed by atoms with Crippen LogP contribution in [0.1, 0.15) is 0 Å². The molecule has 0 aromatic heterocycles. The van der Waals surface area contributed by atoms with Crippen molar-refractivity contribution in [3.05, 3.63) is 103 Å². The number of aromatic hydroxyl groups is 1. The Kier molecular flexibility index (Phi) is 6.51. The van der Waals surface area contributed by atoms with Crippen LogP contribution in [0.2, 0.25) is 0 Å². The first-order valence-corrected chi connectivity index (χ1v) is 11.8. The van der Waals surface area contributed by atoms with Gasteiger partial charge in [0.2, 0.25) is 0 Å². The Bertz CT molecular complexity index is 1620. The number of fused-ring (bicyclic) bond motifs is 2. The smallest absolute Gasteiger partial charge is 0.507 e. The van der Waals surface area contributed by atoms with E-state index in [-0.39, 0.29) is 0 Å². The molecule has 0 amide bonds. The summed E-state index contributed by atoms with van der Waals surface area (Å²) in [6.07, 6.45) is 0. The maximum Gasteiger partial charge on any atom is 0.522 e. The van der Waals surface area contributed by atoms with Crippen molar-refractivity contribution in [1.82, 2.24) is 0 Å². The van der Waals surface area contributed by atoms with Crippen LogP contribution in [-0.4, -0.2) is 23.6 Å². The zero-order valence-corrected chi connectivity index (χ0v) is 18.9. The second-order valence-corrected chi connectivity index (χ2v) is 9.09. The summed E-state index contributed by atoms with van der Waals surface area (Å²) in [6.45, 7) is 0. The van der Waals surface area contributed by atoms with E-state index in [2.05, 4.69) is 78.9 Å². The van der Waals surface area contributed by atoms with Gasteiger partial charge in [0, 0.05) is 5.56 Å². The van der Waals surface area contributed by atoms with Gasteiger partial charge in [-0.25, -0.2) is 0 Å². The molecule has 0 bridgehead atoms. The molecule has 0 aliphatic carbocycles. The van der Waals surface area contributed by atoms with Crippen molar-refractivity contribution in [3.8, 4) is 28.0 Å². The highest BCUT2D eigenvalue weighted by Crippen LogP contribution is 2.43. The highest BCUT2D eigenvalue weighted by molar-refractivity contribution is 7.86. The number of benzene rings is 5. The molecule has 35 heavy (non-hydrogen) atoms. The average Bonchev–Trinajstić information content (AvgIpc) is 2.82. The largest absolute Gasteiger partial charge is 0.522 e. The van der Waals surface area contributed by atoms with Crippen LogP contribution in [0.15, 0.2) is 103 Å². The number of hydrogen-bond acceptors (Lipinski definition) is 3. The molecule has 2 N–H and O–H groups in total. The Morgan fingerprint density at radius 2 is 0.971 bits per heavy atom. The van der Waals surface area contributed by atoms with E-state index < -0.39 is 15.6 Å². The fourth-order valence-electron chi connectivity index (χ4n) is 3.95. The molecule has 0 spiro atoms. The SMILES string of the molecule is O=S(=O)(O)C(F)(F)F.Oc1cccc(-c2cccc3ccccc23)c1-c1cccc2ccccc12. The number of phenols is 1. The molecule has 5 aromatic rings. The Morgan fingerprint density at radius 1 is 0.571 bits per heavy atom. The summed E-state index contributed by atoms with van der Waals surface area (Å²) in [5.41, 5.74) is -1.43. The van der Waals surface area contributed by atoms with Crippen LogP contribution in [0, 0.1) is 0 Å². The van der Waals surface area contributed by atoms with Gasteiger partial charge in [-0.1, -0.05) is 97.1 Å². The molecule has 0 heterocycles. The van der Waals surface area contributed by atoms with Gasteiger partial charge in [-0.15, -0.1) is 0 Å². The van der Waals surface area contributed by atoms with Crippen molar-refractivity contribution in [2.24, 2.45) is 0 Å². The quantitative estimate of drug-likeness (QED) is 0.197. The third kappa shape index (κ3) is 4.99. The topological polar surface area (TPSA) is 74.6 Å². The van der Waals surface area contributed by atoms with Gasteiger partial charge in [0.05, 0.1) is 0 Å². The first kappa shape index (κ1) is 24.3. The highest BCUT2D eigenvalue weighted by Gasteiger charge is 2.44. The van der Waals surface area contributed by atoms with Gasteiger partial charge < -0.3 is 5.11 Å². The standard InChI is InChI=1S/C26H18O.CHF3O3S/c27-25-17-7-16-24(22-14-5-10-18-8-1-3-12-20(18)22)26(25)23-15-6-11-19-9-2-4-13-21(19)23;2-1(3,4)8(5,6)7/h1-17,27H;(H,5,6,7). The predicted octanol–water partition coefficient (Wildman–Crippen LogP) is 7.43. The van der Waals surface area contributed by atoms with Crippen molar-refractivity contribution >= 4 is 31.7 Å². The normalized spacial score (nSPS) is 11.8. The average molecular weight is 497 g/mol. The summed E-state index contributed by atoms with van der Waals surface area (Å²) in [5, 5.41) is 15.5. The Morgan fingerprint density at radius 3 is 1.51 bits per heavy atom. The summed E-state index contributed by atoms with van der Waals surface area (Å²) < 4.78 is 57.5. The van der Waals surface area contributed by atoms with Crippen molar-refractivity contribution < 1.29 is 31.2 Å². The number of halogens is 3. The lowest BCUT2D eigenvalue weighted by molar-refractivity contribution is -0.0510. The van der Waals surface area contributed by atoms with E-state index in [0.717, 1.165) is 27.6 Å². The fraction of sp³-hybridized carbons (Fsp3) is 0.0370. The van der Waals surface area contributed by atoms with E-state index in [0.29, 0.717) is 5.75 Å². The van der Waals surface area contributed by atoms with E-state index in [1.54, 1.807) is 6.07 Å². The molecule has 178 valence electrons. The Labute approximate surface area is 199 Å². The molecule has 0 radical (unpaired) electrons. The van der Waals surface area contributed by atoms with Crippen LogP contribution in [0.5, 0.6) is 5.75 Å². The van der Waals surface area contributed by atoms with Crippen LogP contribution in [0.3, 0.4) is 0 Å². The highest BCUT2D eigenvalue weighted by atomic mass is 32.2. The number of hydrogen-bond donors (Lipinski definition) is 2. The summed E-state index contributed by atoms with van der Waals surface area (Å²) in [5.74, 6) is 0.303. The monoisotopic (exact) mass is 496 g/mol. The van der Waals surface area contributed by atoms with Crippen LogP contribution in [0.25, 0.3) is 43.8 Å². The Balaban J connectivity index is 0.000000314. The molecule has 0 unspecified atom stereocenters. The minimum atomic E-state index is -5.84. The van der Waals surface area contributed by atoms with Gasteiger partial charge in [0.1, 0.15) is 5.75 Å². The van der Waals surface area contributed by atoms with Gasteiger partial charge in [-0.2, -0.15) is 21.6 Å². The molecule has 5 aromatic carbocycles. The summed E-state index contributed by atoms with van der Waals surface area (Å²) in [4.78, 5) is 0. The molecular weight excluding hydrogens is 477 g/mol. The van der Waals surface area contributed by atoms with Crippen LogP contribution < -0.4 is 0 Å². The van der Waals surface area contributed by atoms with E-state index in [4.69, 9.17) is 13.0 Å². The lowest BCUT2D eigenvalue weighted by atomic mass is 9.89. The van der Waals surface area contributed by atoms with E-state index in [9.17, 15) is 18.3 Å². The molecule has 8 heteroatoms.